The minimum atomic E-state index is 0.340. The van der Waals surface area contributed by atoms with Crippen LogP contribution < -0.4 is 29.9 Å². The summed E-state index contributed by atoms with van der Waals surface area (Å²) < 4.78 is 10.6. The van der Waals surface area contributed by atoms with Crippen LogP contribution in [0.1, 0.15) is 36.8 Å². The zero-order chi connectivity index (χ0) is 35.5. The molecule has 50 heavy (non-hydrogen) atoms. The summed E-state index contributed by atoms with van der Waals surface area (Å²) in [6.07, 6.45) is 12.2. The average molecular weight is 683 g/mol. The zero-order valence-corrected chi connectivity index (χ0v) is 30.6. The number of nitrogen functional groups attached to an aromatic ring is 1. The molecule has 0 spiro atoms. The maximum atomic E-state index is 5.47. The Morgan fingerprint density at radius 3 is 1.30 bits per heavy atom. The molecule has 0 radical (unpaired) electrons. The lowest BCUT2D eigenvalue weighted by Gasteiger charge is -2.36. The van der Waals surface area contributed by atoms with Crippen molar-refractivity contribution in [3.8, 4) is 11.5 Å². The van der Waals surface area contributed by atoms with Crippen molar-refractivity contribution in [1.29, 1.82) is 0 Å². The molecule has 12 nitrogen and oxygen atoms in total. The van der Waals surface area contributed by atoms with Gasteiger partial charge in [-0.15, -0.1) is 0 Å². The number of anilines is 4. The van der Waals surface area contributed by atoms with Gasteiger partial charge in [-0.05, 0) is 89.3 Å². The molecule has 4 heterocycles. The Bertz CT molecular complexity index is 1500. The Kier molecular flexibility index (Phi) is 13.0. The minimum absolute atomic E-state index is 0.340. The predicted octanol–water partition coefficient (Wildman–Crippen LogP) is 4.82. The van der Waals surface area contributed by atoms with Crippen molar-refractivity contribution in [2.45, 2.75) is 50.9 Å². The monoisotopic (exact) mass is 682 g/mol. The highest BCUT2D eigenvalue weighted by atomic mass is 16.5. The van der Waals surface area contributed by atoms with E-state index in [1.807, 2.05) is 36.7 Å². The molecular formula is C38H54N10O2. The van der Waals surface area contributed by atoms with Gasteiger partial charge in [-0.1, -0.05) is 24.3 Å². The van der Waals surface area contributed by atoms with Gasteiger partial charge in [0, 0.05) is 51.4 Å². The number of nitrogens with two attached hydrogens (primary N) is 1. The summed E-state index contributed by atoms with van der Waals surface area (Å²) in [4.78, 5) is 29.1. The number of benzene rings is 2. The van der Waals surface area contributed by atoms with E-state index in [4.69, 9.17) is 25.2 Å². The Morgan fingerprint density at radius 2 is 0.960 bits per heavy atom. The molecule has 2 fully saturated rings. The summed E-state index contributed by atoms with van der Waals surface area (Å²) in [6.45, 7) is 5.60. The van der Waals surface area contributed by atoms with E-state index in [9.17, 15) is 0 Å². The van der Waals surface area contributed by atoms with Crippen molar-refractivity contribution in [3.63, 3.8) is 0 Å². The molecule has 2 aromatic carbocycles. The fourth-order valence-electron chi connectivity index (χ4n) is 6.52. The van der Waals surface area contributed by atoms with Gasteiger partial charge in [-0.25, -0.2) is 19.9 Å². The van der Waals surface area contributed by atoms with Gasteiger partial charge in [-0.2, -0.15) is 0 Å². The molecule has 0 atom stereocenters. The number of hydrogen-bond acceptors (Lipinski definition) is 12. The Hall–Kier alpha value is -4.68. The van der Waals surface area contributed by atoms with Crippen molar-refractivity contribution in [1.82, 2.24) is 29.7 Å². The van der Waals surface area contributed by atoms with E-state index in [1.54, 1.807) is 26.6 Å². The molecule has 2 aliphatic heterocycles. The maximum Gasteiger partial charge on any atom is 0.225 e. The number of ether oxygens (including phenoxy) is 2. The molecule has 0 aliphatic carbocycles. The van der Waals surface area contributed by atoms with Crippen LogP contribution in [-0.4, -0.2) is 110 Å². The highest BCUT2D eigenvalue weighted by Crippen LogP contribution is 2.24. The van der Waals surface area contributed by atoms with Crippen LogP contribution in [0.2, 0.25) is 0 Å². The molecule has 268 valence electrons. The summed E-state index contributed by atoms with van der Waals surface area (Å²) in [5, 5.41) is 0. The molecule has 2 N–H and O–H groups in total. The standard InChI is InChI=1S/C27H35N5O2.C11H19N5/c1-30(2)23-13-15-31(16-14-23)24-17-28-27(29-18-24)32(19-21-5-9-25(33-3)10-6-21)20-22-7-11-26(34-4)12-8-22;1-15(2)9-3-5-16(6-4-9)10-7-13-11(12)14-8-10/h5-12,17-18,23H,13-16,19-20H2,1-4H3;7-9H,3-6H2,1-2H3,(H2,12,13,14). The maximum absolute atomic E-state index is 5.47. The first kappa shape index (κ1) is 36.6. The summed E-state index contributed by atoms with van der Waals surface area (Å²) >= 11 is 0. The number of aromatic nitrogens is 4. The van der Waals surface area contributed by atoms with Crippen LogP contribution in [0.25, 0.3) is 0 Å². The van der Waals surface area contributed by atoms with Crippen molar-refractivity contribution in [3.05, 3.63) is 84.4 Å². The van der Waals surface area contributed by atoms with Gasteiger partial charge in [0.2, 0.25) is 11.9 Å². The van der Waals surface area contributed by atoms with E-state index in [0.717, 1.165) is 67.8 Å². The summed E-state index contributed by atoms with van der Waals surface area (Å²) in [5.41, 5.74) is 9.99. The van der Waals surface area contributed by atoms with Crippen molar-refractivity contribution in [2.75, 3.05) is 89.0 Å². The minimum Gasteiger partial charge on any atom is -0.497 e. The molecule has 0 bridgehead atoms. The quantitative estimate of drug-likeness (QED) is 0.234. The van der Waals surface area contributed by atoms with Crippen LogP contribution in [0, 0.1) is 0 Å². The lowest BCUT2D eigenvalue weighted by atomic mass is 10.0. The second kappa shape index (κ2) is 17.8. The van der Waals surface area contributed by atoms with Gasteiger partial charge >= 0.3 is 0 Å². The third-order valence-corrected chi connectivity index (χ3v) is 9.75. The molecule has 2 aliphatic rings. The number of nitrogens with zero attached hydrogens (tertiary/aromatic N) is 9. The third kappa shape index (κ3) is 10.2. The molecule has 2 saturated heterocycles. The van der Waals surface area contributed by atoms with Crippen LogP contribution in [0.4, 0.5) is 23.3 Å². The third-order valence-electron chi connectivity index (χ3n) is 9.75. The SMILES string of the molecule is CN(C)C1CCN(c2cnc(N)nc2)CC1.COc1ccc(CN(Cc2ccc(OC)cc2)c2ncc(N3CCC(N(C)C)CC3)cn2)cc1. The van der Waals surface area contributed by atoms with Gasteiger partial charge in [0.05, 0.1) is 50.4 Å². The average Bonchev–Trinajstić information content (AvgIpc) is 3.16. The zero-order valence-electron chi connectivity index (χ0n) is 30.6. The molecule has 0 amide bonds. The molecule has 6 rings (SSSR count). The first-order chi connectivity index (χ1) is 24.2. The molecule has 2 aromatic heterocycles. The number of methoxy groups -OCH3 is 2. The van der Waals surface area contributed by atoms with Gasteiger partial charge in [0.1, 0.15) is 11.5 Å². The number of hydrogen-bond donors (Lipinski definition) is 1. The number of rotatable bonds is 11. The van der Waals surface area contributed by atoms with Crippen molar-refractivity contribution in [2.24, 2.45) is 0 Å². The van der Waals surface area contributed by atoms with Crippen LogP contribution in [-0.2, 0) is 13.1 Å². The van der Waals surface area contributed by atoms with E-state index in [0.29, 0.717) is 31.1 Å². The van der Waals surface area contributed by atoms with Crippen molar-refractivity contribution < 1.29 is 9.47 Å². The first-order valence-corrected chi connectivity index (χ1v) is 17.5. The lowest BCUT2D eigenvalue weighted by Crippen LogP contribution is -2.42. The molecule has 12 heteroatoms. The molecule has 4 aromatic rings. The van der Waals surface area contributed by atoms with Crippen LogP contribution in [0.3, 0.4) is 0 Å². The van der Waals surface area contributed by atoms with Gasteiger partial charge in [-0.3, -0.25) is 0 Å². The topological polar surface area (TPSA) is 112 Å². The largest absolute Gasteiger partial charge is 0.497 e. The lowest BCUT2D eigenvalue weighted by molar-refractivity contribution is 0.249. The molecule has 0 unspecified atom stereocenters. The highest BCUT2D eigenvalue weighted by molar-refractivity contribution is 5.47. The first-order valence-electron chi connectivity index (χ1n) is 17.5. The Labute approximate surface area is 297 Å². The summed E-state index contributed by atoms with van der Waals surface area (Å²) in [6, 6.07) is 17.7. The van der Waals surface area contributed by atoms with Crippen LogP contribution >= 0.6 is 0 Å². The number of piperidine rings is 2. The van der Waals surface area contributed by atoms with E-state index < -0.39 is 0 Å². The van der Waals surface area contributed by atoms with E-state index in [2.05, 4.69) is 86.9 Å². The second-order valence-electron chi connectivity index (χ2n) is 13.5. The van der Waals surface area contributed by atoms with Gasteiger partial charge in [0.15, 0.2) is 0 Å². The Morgan fingerprint density at radius 1 is 0.600 bits per heavy atom. The molecule has 0 saturated carbocycles. The second-order valence-corrected chi connectivity index (χ2v) is 13.5. The van der Waals surface area contributed by atoms with Gasteiger partial charge < -0.3 is 39.7 Å². The van der Waals surface area contributed by atoms with E-state index in [-0.39, 0.29) is 0 Å². The fourth-order valence-corrected chi connectivity index (χ4v) is 6.52. The Balaban J connectivity index is 0.000000253. The normalized spacial score (nSPS) is 15.5. The van der Waals surface area contributed by atoms with E-state index in [1.165, 1.54) is 24.0 Å². The molecular weight excluding hydrogens is 628 g/mol. The van der Waals surface area contributed by atoms with Crippen molar-refractivity contribution >= 4 is 23.3 Å². The predicted molar refractivity (Wildman–Crippen MR) is 202 cm³/mol. The highest BCUT2D eigenvalue weighted by Gasteiger charge is 2.22. The fraction of sp³-hybridized carbons (Fsp3) is 0.474. The van der Waals surface area contributed by atoms with Crippen LogP contribution in [0.15, 0.2) is 73.3 Å². The summed E-state index contributed by atoms with van der Waals surface area (Å²) in [5.74, 6) is 2.76. The van der Waals surface area contributed by atoms with E-state index >= 15 is 0 Å². The van der Waals surface area contributed by atoms with Gasteiger partial charge in [0.25, 0.3) is 0 Å². The summed E-state index contributed by atoms with van der Waals surface area (Å²) in [7, 11) is 12.0. The smallest absolute Gasteiger partial charge is 0.225 e. The van der Waals surface area contributed by atoms with Crippen LogP contribution in [0.5, 0.6) is 11.5 Å².